The van der Waals surface area contributed by atoms with Gasteiger partial charge < -0.3 is 10.2 Å². The van der Waals surface area contributed by atoms with Gasteiger partial charge in [0.1, 0.15) is 0 Å². The Morgan fingerprint density at radius 3 is 2.50 bits per heavy atom. The molecule has 1 unspecified atom stereocenters. The van der Waals surface area contributed by atoms with Gasteiger partial charge in [-0.15, -0.1) is 6.58 Å². The highest BCUT2D eigenvalue weighted by molar-refractivity contribution is 4.92. The molecule has 0 radical (unpaired) electrons. The maximum absolute atomic E-state index is 8.82. The normalized spacial score (nSPS) is 21.0. The van der Waals surface area contributed by atoms with E-state index in [9.17, 15) is 0 Å². The fourth-order valence-corrected chi connectivity index (χ4v) is 0.886. The maximum atomic E-state index is 8.82. The molecule has 12 heavy (non-hydrogen) atoms. The summed E-state index contributed by atoms with van der Waals surface area (Å²) in [4.78, 5) is 0. The van der Waals surface area contributed by atoms with Crippen LogP contribution in [0.4, 0.5) is 0 Å². The minimum Gasteiger partial charge on any atom is -0.396 e. The van der Waals surface area contributed by atoms with Gasteiger partial charge in [0.05, 0.1) is 6.10 Å². The van der Waals surface area contributed by atoms with Crippen molar-refractivity contribution in [2.45, 2.75) is 31.8 Å². The third kappa shape index (κ3) is 7.51. The molecule has 0 bridgehead atoms. The molecule has 70 valence electrons. The zero-order valence-electron chi connectivity index (χ0n) is 7.45. The topological polar surface area (TPSA) is 40.5 Å². The second kappa shape index (κ2) is 8.50. The van der Waals surface area contributed by atoms with Gasteiger partial charge in [-0.25, -0.2) is 0 Å². The molecule has 1 atom stereocenters. The Kier molecular flexibility index (Phi) is 8.07. The number of allylic oxidation sites excluding steroid dienone is 1. The lowest BCUT2D eigenvalue weighted by Crippen LogP contribution is -2.04. The second-order valence-corrected chi connectivity index (χ2v) is 2.73. The number of aliphatic hydroxyl groups excluding tert-OH is 2. The van der Waals surface area contributed by atoms with Crippen LogP contribution in [-0.2, 0) is 0 Å². The van der Waals surface area contributed by atoms with E-state index in [0.29, 0.717) is 6.42 Å². The van der Waals surface area contributed by atoms with Crippen molar-refractivity contribution in [2.75, 3.05) is 6.61 Å². The van der Waals surface area contributed by atoms with E-state index in [4.69, 9.17) is 10.2 Å². The Hall–Kier alpha value is -0.600. The molecule has 0 aliphatic heterocycles. The van der Waals surface area contributed by atoms with Gasteiger partial charge in [0, 0.05) is 6.61 Å². The van der Waals surface area contributed by atoms with Crippen LogP contribution in [0.25, 0.3) is 0 Å². The van der Waals surface area contributed by atoms with E-state index in [0.717, 1.165) is 19.3 Å². The van der Waals surface area contributed by atoms with Gasteiger partial charge >= 0.3 is 0 Å². The van der Waals surface area contributed by atoms with Crippen molar-refractivity contribution in [1.82, 2.24) is 0 Å². The monoisotopic (exact) mass is 170 g/mol. The number of rotatable bonds is 2. The highest BCUT2D eigenvalue weighted by atomic mass is 16.3. The van der Waals surface area contributed by atoms with Crippen LogP contribution in [0.1, 0.15) is 25.7 Å². The summed E-state index contributed by atoms with van der Waals surface area (Å²) in [6.45, 7) is 3.62. The fraction of sp³-hybridized carbons (Fsp3) is 0.600. The van der Waals surface area contributed by atoms with Crippen LogP contribution in [0.2, 0.25) is 0 Å². The van der Waals surface area contributed by atoms with Crippen molar-refractivity contribution in [2.24, 2.45) is 0 Å². The number of hydrogen-bond donors (Lipinski definition) is 2. The number of hydrogen-bond acceptors (Lipinski definition) is 2. The van der Waals surface area contributed by atoms with E-state index in [1.54, 1.807) is 6.08 Å². The molecule has 0 amide bonds. The molecule has 2 nitrogen and oxygen atoms in total. The molecule has 0 saturated carbocycles. The van der Waals surface area contributed by atoms with Gasteiger partial charge in [0.25, 0.3) is 0 Å². The van der Waals surface area contributed by atoms with E-state index < -0.39 is 0 Å². The third-order valence-electron chi connectivity index (χ3n) is 1.56. The van der Waals surface area contributed by atoms with Gasteiger partial charge in [0.15, 0.2) is 0 Å². The lowest BCUT2D eigenvalue weighted by atomic mass is 10.1. The van der Waals surface area contributed by atoms with E-state index in [1.165, 1.54) is 0 Å². The smallest absolute Gasteiger partial charge is 0.0721 e. The SMILES string of the molecule is C=CCCO.OC1C=CCCC1. The molecule has 2 N–H and O–H groups in total. The molecular formula is C10H18O2. The summed E-state index contributed by atoms with van der Waals surface area (Å²) in [7, 11) is 0. The van der Waals surface area contributed by atoms with E-state index in [1.807, 2.05) is 12.2 Å². The molecule has 0 spiro atoms. The molecule has 0 heterocycles. The molecule has 0 fully saturated rings. The fourth-order valence-electron chi connectivity index (χ4n) is 0.886. The lowest BCUT2D eigenvalue weighted by Gasteiger charge is -2.07. The van der Waals surface area contributed by atoms with Crippen molar-refractivity contribution in [3.8, 4) is 0 Å². The van der Waals surface area contributed by atoms with Crippen LogP contribution < -0.4 is 0 Å². The van der Waals surface area contributed by atoms with Crippen molar-refractivity contribution < 1.29 is 10.2 Å². The Labute approximate surface area is 74.2 Å². The van der Waals surface area contributed by atoms with Gasteiger partial charge in [-0.05, 0) is 25.7 Å². The predicted molar refractivity (Wildman–Crippen MR) is 50.9 cm³/mol. The first-order valence-corrected chi connectivity index (χ1v) is 4.37. The largest absolute Gasteiger partial charge is 0.396 e. The van der Waals surface area contributed by atoms with Crippen LogP contribution in [0, 0.1) is 0 Å². The van der Waals surface area contributed by atoms with Gasteiger partial charge in [-0.1, -0.05) is 18.2 Å². The molecule has 1 rings (SSSR count). The summed E-state index contributed by atoms with van der Waals surface area (Å²) >= 11 is 0. The molecule has 0 saturated heterocycles. The first kappa shape index (κ1) is 11.4. The molecule has 0 aromatic rings. The van der Waals surface area contributed by atoms with Crippen LogP contribution in [0.5, 0.6) is 0 Å². The Balaban J connectivity index is 0.000000217. The quantitative estimate of drug-likeness (QED) is 0.618. The summed E-state index contributed by atoms with van der Waals surface area (Å²) < 4.78 is 0. The summed E-state index contributed by atoms with van der Waals surface area (Å²) in [5, 5.41) is 16.8. The van der Waals surface area contributed by atoms with E-state index in [2.05, 4.69) is 6.58 Å². The van der Waals surface area contributed by atoms with E-state index >= 15 is 0 Å². The molecule has 1 aliphatic carbocycles. The molecule has 0 aromatic carbocycles. The van der Waals surface area contributed by atoms with Gasteiger partial charge in [0.2, 0.25) is 0 Å². The molecule has 2 heteroatoms. The Bertz CT molecular complexity index is 130. The highest BCUT2D eigenvalue weighted by Crippen LogP contribution is 2.08. The maximum Gasteiger partial charge on any atom is 0.0721 e. The Morgan fingerprint density at radius 2 is 2.33 bits per heavy atom. The average molecular weight is 170 g/mol. The first-order valence-electron chi connectivity index (χ1n) is 4.37. The summed E-state index contributed by atoms with van der Waals surface area (Å²) in [5.41, 5.74) is 0. The summed E-state index contributed by atoms with van der Waals surface area (Å²) in [6.07, 6.45) is 9.40. The lowest BCUT2D eigenvalue weighted by molar-refractivity contribution is 0.204. The molecule has 1 aliphatic rings. The summed E-state index contributed by atoms with van der Waals surface area (Å²) in [5.74, 6) is 0. The van der Waals surface area contributed by atoms with Crippen LogP contribution in [0.3, 0.4) is 0 Å². The van der Waals surface area contributed by atoms with E-state index in [-0.39, 0.29) is 12.7 Å². The zero-order chi connectivity index (χ0) is 9.23. The average Bonchev–Trinajstić information content (AvgIpc) is 2.08. The standard InChI is InChI=1S/C6H10O.C4H8O/c7-6-4-2-1-3-5-6;1-2-3-4-5/h2,4,6-7H,1,3,5H2;2,5H,1,3-4H2. The van der Waals surface area contributed by atoms with Crippen molar-refractivity contribution in [3.05, 3.63) is 24.8 Å². The minimum atomic E-state index is -0.145. The molecule has 0 aromatic heterocycles. The minimum absolute atomic E-state index is 0.145. The molecular weight excluding hydrogens is 152 g/mol. The van der Waals surface area contributed by atoms with Gasteiger partial charge in [-0.3, -0.25) is 0 Å². The zero-order valence-corrected chi connectivity index (χ0v) is 7.45. The second-order valence-electron chi connectivity index (χ2n) is 2.73. The van der Waals surface area contributed by atoms with Crippen molar-refractivity contribution >= 4 is 0 Å². The van der Waals surface area contributed by atoms with Gasteiger partial charge in [-0.2, -0.15) is 0 Å². The van der Waals surface area contributed by atoms with Crippen LogP contribution in [-0.4, -0.2) is 22.9 Å². The van der Waals surface area contributed by atoms with Crippen LogP contribution >= 0.6 is 0 Å². The summed E-state index contributed by atoms with van der Waals surface area (Å²) in [6, 6.07) is 0. The highest BCUT2D eigenvalue weighted by Gasteiger charge is 2.00. The van der Waals surface area contributed by atoms with Crippen molar-refractivity contribution in [3.63, 3.8) is 0 Å². The number of aliphatic hydroxyl groups is 2. The Morgan fingerprint density at radius 1 is 1.58 bits per heavy atom. The van der Waals surface area contributed by atoms with Crippen LogP contribution in [0.15, 0.2) is 24.8 Å². The third-order valence-corrected chi connectivity index (χ3v) is 1.56. The van der Waals surface area contributed by atoms with Crippen molar-refractivity contribution in [1.29, 1.82) is 0 Å². The predicted octanol–water partition coefficient (Wildman–Crippen LogP) is 1.64. The first-order chi connectivity index (χ1) is 5.81.